The lowest BCUT2D eigenvalue weighted by atomic mass is 9.85. The van der Waals surface area contributed by atoms with E-state index in [4.69, 9.17) is 0 Å². The number of hydrogen-bond donors (Lipinski definition) is 1. The van der Waals surface area contributed by atoms with E-state index >= 15 is 0 Å². The van der Waals surface area contributed by atoms with Crippen LogP contribution in [0.4, 0.5) is 8.78 Å². The quantitative estimate of drug-likeness (QED) is 0.831. The van der Waals surface area contributed by atoms with Gasteiger partial charge in [0.05, 0.1) is 0 Å². The molecule has 0 aromatic heterocycles. The molecule has 3 unspecified atom stereocenters. The van der Waals surface area contributed by atoms with Gasteiger partial charge < -0.3 is 5.32 Å². The molecule has 1 fully saturated rings. The summed E-state index contributed by atoms with van der Waals surface area (Å²) in [6, 6.07) is 4.46. The Balaban J connectivity index is 2.22. The molecule has 1 aliphatic rings. The van der Waals surface area contributed by atoms with Gasteiger partial charge in [-0.1, -0.05) is 32.8 Å². The van der Waals surface area contributed by atoms with E-state index in [1.807, 2.05) is 0 Å². The Labute approximate surface area is 114 Å². The van der Waals surface area contributed by atoms with Crippen LogP contribution in [0.1, 0.15) is 51.1 Å². The molecule has 0 saturated heterocycles. The first-order valence-corrected chi connectivity index (χ1v) is 7.31. The lowest BCUT2D eigenvalue weighted by molar-refractivity contribution is 0.301. The molecule has 0 aliphatic heterocycles. The SMILES string of the molecule is CCCNC(c1ccc(F)c(F)c1)C1CCCC1C. The fourth-order valence-corrected chi connectivity index (χ4v) is 3.19. The molecule has 0 bridgehead atoms. The average molecular weight is 267 g/mol. The van der Waals surface area contributed by atoms with Crippen LogP contribution in [0.5, 0.6) is 0 Å². The van der Waals surface area contributed by atoms with Crippen LogP contribution in [0.25, 0.3) is 0 Å². The van der Waals surface area contributed by atoms with Gasteiger partial charge in [0.1, 0.15) is 0 Å². The Morgan fingerprint density at radius 2 is 2.05 bits per heavy atom. The molecule has 1 N–H and O–H groups in total. The van der Waals surface area contributed by atoms with Gasteiger partial charge in [0.15, 0.2) is 11.6 Å². The third kappa shape index (κ3) is 3.33. The maximum atomic E-state index is 13.4. The van der Waals surface area contributed by atoms with Crippen molar-refractivity contribution in [2.75, 3.05) is 6.54 Å². The first-order chi connectivity index (χ1) is 9.13. The Hall–Kier alpha value is -0.960. The van der Waals surface area contributed by atoms with Crippen molar-refractivity contribution in [1.29, 1.82) is 0 Å². The highest BCUT2D eigenvalue weighted by Crippen LogP contribution is 2.40. The minimum absolute atomic E-state index is 0.146. The van der Waals surface area contributed by atoms with E-state index in [2.05, 4.69) is 19.2 Å². The summed E-state index contributed by atoms with van der Waals surface area (Å²) in [5.74, 6) is -0.345. The summed E-state index contributed by atoms with van der Waals surface area (Å²) in [6.07, 6.45) is 4.68. The topological polar surface area (TPSA) is 12.0 Å². The van der Waals surface area contributed by atoms with Crippen LogP contribution in [-0.2, 0) is 0 Å². The summed E-state index contributed by atoms with van der Waals surface area (Å²) in [5, 5.41) is 3.52. The Morgan fingerprint density at radius 1 is 1.26 bits per heavy atom. The van der Waals surface area contributed by atoms with Crippen LogP contribution < -0.4 is 5.32 Å². The Bertz CT molecular complexity index is 419. The molecule has 1 aromatic carbocycles. The normalized spacial score (nSPS) is 24.6. The van der Waals surface area contributed by atoms with Gasteiger partial charge in [-0.15, -0.1) is 0 Å². The van der Waals surface area contributed by atoms with Crippen LogP contribution >= 0.6 is 0 Å². The van der Waals surface area contributed by atoms with Crippen LogP contribution in [0.2, 0.25) is 0 Å². The van der Waals surface area contributed by atoms with E-state index in [1.54, 1.807) is 6.07 Å². The van der Waals surface area contributed by atoms with Crippen molar-refractivity contribution < 1.29 is 8.78 Å². The van der Waals surface area contributed by atoms with Gasteiger partial charge in [-0.3, -0.25) is 0 Å². The summed E-state index contributed by atoms with van der Waals surface area (Å²) >= 11 is 0. The smallest absolute Gasteiger partial charge is 0.159 e. The molecule has 3 atom stereocenters. The number of halogens is 2. The minimum atomic E-state index is -0.766. The molecule has 0 radical (unpaired) electrons. The maximum Gasteiger partial charge on any atom is 0.159 e. The summed E-state index contributed by atoms with van der Waals surface area (Å²) in [5.41, 5.74) is 0.881. The predicted molar refractivity (Wildman–Crippen MR) is 73.9 cm³/mol. The van der Waals surface area contributed by atoms with Gasteiger partial charge in [-0.2, -0.15) is 0 Å². The van der Waals surface area contributed by atoms with Gasteiger partial charge >= 0.3 is 0 Å². The van der Waals surface area contributed by atoms with Crippen LogP contribution in [0.3, 0.4) is 0 Å². The molecule has 2 rings (SSSR count). The molecule has 1 aromatic rings. The number of benzene rings is 1. The summed E-state index contributed by atoms with van der Waals surface area (Å²) < 4.78 is 26.5. The van der Waals surface area contributed by atoms with Crippen molar-refractivity contribution in [3.05, 3.63) is 35.4 Å². The number of hydrogen-bond acceptors (Lipinski definition) is 1. The van der Waals surface area contributed by atoms with E-state index in [0.29, 0.717) is 11.8 Å². The van der Waals surface area contributed by atoms with Crippen molar-refractivity contribution >= 4 is 0 Å². The molecule has 1 saturated carbocycles. The van der Waals surface area contributed by atoms with Gasteiger partial charge in [0.2, 0.25) is 0 Å². The second kappa shape index (κ2) is 6.47. The lowest BCUT2D eigenvalue weighted by Gasteiger charge is -2.28. The summed E-state index contributed by atoms with van der Waals surface area (Å²) in [6.45, 7) is 5.29. The third-order valence-corrected chi connectivity index (χ3v) is 4.27. The maximum absolute atomic E-state index is 13.4. The monoisotopic (exact) mass is 267 g/mol. The van der Waals surface area contributed by atoms with Gasteiger partial charge in [-0.25, -0.2) is 8.78 Å². The van der Waals surface area contributed by atoms with Crippen molar-refractivity contribution in [3.63, 3.8) is 0 Å². The van der Waals surface area contributed by atoms with Crippen LogP contribution in [0, 0.1) is 23.5 Å². The van der Waals surface area contributed by atoms with Crippen LogP contribution in [-0.4, -0.2) is 6.54 Å². The Kier molecular flexibility index (Phi) is 4.92. The highest BCUT2D eigenvalue weighted by Gasteiger charge is 2.31. The largest absolute Gasteiger partial charge is 0.310 e. The van der Waals surface area contributed by atoms with Crippen molar-refractivity contribution in [1.82, 2.24) is 5.32 Å². The average Bonchev–Trinajstić information content (AvgIpc) is 2.80. The summed E-state index contributed by atoms with van der Waals surface area (Å²) in [4.78, 5) is 0. The zero-order valence-electron chi connectivity index (χ0n) is 11.8. The lowest BCUT2D eigenvalue weighted by Crippen LogP contribution is -2.30. The molecule has 19 heavy (non-hydrogen) atoms. The van der Waals surface area contributed by atoms with E-state index < -0.39 is 11.6 Å². The standard InChI is InChI=1S/C16H23F2N/c1-3-9-19-16(13-6-4-5-11(13)2)12-7-8-14(17)15(18)10-12/h7-8,10-11,13,16,19H,3-6,9H2,1-2H3. The zero-order valence-corrected chi connectivity index (χ0v) is 11.8. The molecule has 0 amide bonds. The molecular formula is C16H23F2N. The highest BCUT2D eigenvalue weighted by atomic mass is 19.2. The fourth-order valence-electron chi connectivity index (χ4n) is 3.19. The first kappa shape index (κ1) is 14.4. The highest BCUT2D eigenvalue weighted by molar-refractivity contribution is 5.22. The second-order valence-corrected chi connectivity index (χ2v) is 5.68. The fraction of sp³-hybridized carbons (Fsp3) is 0.625. The van der Waals surface area contributed by atoms with E-state index in [1.165, 1.54) is 31.4 Å². The molecule has 1 nitrogen and oxygen atoms in total. The van der Waals surface area contributed by atoms with Gasteiger partial charge in [-0.05, 0) is 48.9 Å². The molecule has 0 heterocycles. The van der Waals surface area contributed by atoms with Crippen LogP contribution in [0.15, 0.2) is 18.2 Å². The molecule has 106 valence electrons. The van der Waals surface area contributed by atoms with Gasteiger partial charge in [0, 0.05) is 6.04 Å². The second-order valence-electron chi connectivity index (χ2n) is 5.68. The van der Waals surface area contributed by atoms with Crippen molar-refractivity contribution in [2.45, 2.75) is 45.6 Å². The summed E-state index contributed by atoms with van der Waals surface area (Å²) in [7, 11) is 0. The Morgan fingerprint density at radius 3 is 2.63 bits per heavy atom. The zero-order chi connectivity index (χ0) is 13.8. The van der Waals surface area contributed by atoms with E-state index in [0.717, 1.165) is 18.5 Å². The van der Waals surface area contributed by atoms with Crippen molar-refractivity contribution in [3.8, 4) is 0 Å². The van der Waals surface area contributed by atoms with E-state index in [9.17, 15) is 8.78 Å². The molecule has 3 heteroatoms. The molecule has 1 aliphatic carbocycles. The van der Waals surface area contributed by atoms with Gasteiger partial charge in [0.25, 0.3) is 0 Å². The molecular weight excluding hydrogens is 244 g/mol. The molecule has 0 spiro atoms. The predicted octanol–water partition coefficient (Wildman–Crippen LogP) is 4.44. The number of rotatable bonds is 5. The third-order valence-electron chi connectivity index (χ3n) is 4.27. The number of nitrogens with one attached hydrogen (secondary N) is 1. The first-order valence-electron chi connectivity index (χ1n) is 7.31. The van der Waals surface area contributed by atoms with Crippen molar-refractivity contribution in [2.24, 2.45) is 11.8 Å². The van der Waals surface area contributed by atoms with E-state index in [-0.39, 0.29) is 6.04 Å². The minimum Gasteiger partial charge on any atom is -0.310 e.